The summed E-state index contributed by atoms with van der Waals surface area (Å²) in [5, 5.41) is 9.93. The van der Waals surface area contributed by atoms with Gasteiger partial charge in [-0.2, -0.15) is 0 Å². The third-order valence-electron chi connectivity index (χ3n) is 5.91. The molecule has 1 atom stereocenters. The Labute approximate surface area is 175 Å². The molecule has 2 fully saturated rings. The number of nitrogens with zero attached hydrogens (tertiary/aromatic N) is 2. The highest BCUT2D eigenvalue weighted by molar-refractivity contribution is 5.92. The van der Waals surface area contributed by atoms with Crippen LogP contribution in [0.4, 0.5) is 5.69 Å². The van der Waals surface area contributed by atoms with E-state index < -0.39 is 0 Å². The summed E-state index contributed by atoms with van der Waals surface area (Å²) in [6, 6.07) is 9.23. The Morgan fingerprint density at radius 2 is 1.90 bits per heavy atom. The van der Waals surface area contributed by atoms with Crippen LogP contribution in [0.15, 0.2) is 29.3 Å². The normalized spacial score (nSPS) is 21.0. The minimum atomic E-state index is -0.0202. The molecule has 1 unspecified atom stereocenters. The predicted octanol–water partition coefficient (Wildman–Crippen LogP) is 3.35. The molecule has 0 spiro atoms. The summed E-state index contributed by atoms with van der Waals surface area (Å²) in [6.45, 7) is 9.68. The van der Waals surface area contributed by atoms with Crippen molar-refractivity contribution in [1.82, 2.24) is 15.5 Å². The van der Waals surface area contributed by atoms with Gasteiger partial charge in [-0.3, -0.25) is 9.69 Å². The maximum atomic E-state index is 11.8. The summed E-state index contributed by atoms with van der Waals surface area (Å²) in [6.07, 6.45) is 6.71. The number of hydrogen-bond donors (Lipinski definition) is 3. The van der Waals surface area contributed by atoms with Crippen molar-refractivity contribution in [1.29, 1.82) is 0 Å². The lowest BCUT2D eigenvalue weighted by Gasteiger charge is -2.24. The van der Waals surface area contributed by atoms with Crippen LogP contribution in [0.25, 0.3) is 0 Å². The first-order valence-electron chi connectivity index (χ1n) is 11.2. The highest BCUT2D eigenvalue weighted by atomic mass is 16.1. The summed E-state index contributed by atoms with van der Waals surface area (Å²) in [7, 11) is 0. The van der Waals surface area contributed by atoms with Crippen LogP contribution in [0.2, 0.25) is 0 Å². The standard InChI is InChI=1S/C23H37N5O/c1-4-24-23(27-20-13-14-28(16-20)21-7-5-6-8-21)25-15-18-9-11-19(12-10-18)26-22(29)17(2)3/h9-12,17,20-21H,4-8,13-16H2,1-3H3,(H,26,29)(H2,24,25,27). The van der Waals surface area contributed by atoms with Crippen molar-refractivity contribution in [3.63, 3.8) is 0 Å². The molecule has 1 aromatic rings. The Morgan fingerprint density at radius 1 is 1.17 bits per heavy atom. The molecule has 1 heterocycles. The molecule has 2 aliphatic rings. The molecular formula is C23H37N5O. The van der Waals surface area contributed by atoms with E-state index in [1.807, 2.05) is 38.1 Å². The third kappa shape index (κ3) is 6.46. The van der Waals surface area contributed by atoms with E-state index in [1.165, 1.54) is 38.6 Å². The van der Waals surface area contributed by atoms with E-state index >= 15 is 0 Å². The molecule has 1 amide bonds. The zero-order valence-electron chi connectivity index (χ0n) is 18.2. The van der Waals surface area contributed by atoms with E-state index in [9.17, 15) is 4.79 Å². The molecule has 1 aliphatic carbocycles. The lowest BCUT2D eigenvalue weighted by Crippen LogP contribution is -2.45. The van der Waals surface area contributed by atoms with E-state index in [2.05, 4.69) is 27.8 Å². The van der Waals surface area contributed by atoms with Gasteiger partial charge in [-0.05, 0) is 43.9 Å². The van der Waals surface area contributed by atoms with Gasteiger partial charge in [0.1, 0.15) is 0 Å². The van der Waals surface area contributed by atoms with Gasteiger partial charge in [0.2, 0.25) is 5.91 Å². The minimum Gasteiger partial charge on any atom is -0.357 e. The predicted molar refractivity (Wildman–Crippen MR) is 120 cm³/mol. The lowest BCUT2D eigenvalue weighted by molar-refractivity contribution is -0.118. The van der Waals surface area contributed by atoms with Crippen LogP contribution < -0.4 is 16.0 Å². The van der Waals surface area contributed by atoms with Gasteiger partial charge in [-0.25, -0.2) is 4.99 Å². The molecule has 0 bridgehead atoms. The van der Waals surface area contributed by atoms with Crippen LogP contribution >= 0.6 is 0 Å². The van der Waals surface area contributed by atoms with Crippen LogP contribution in [0.5, 0.6) is 0 Å². The summed E-state index contributed by atoms with van der Waals surface area (Å²) < 4.78 is 0. The monoisotopic (exact) mass is 399 g/mol. The minimum absolute atomic E-state index is 0.0202. The Bertz CT molecular complexity index is 679. The number of nitrogens with one attached hydrogen (secondary N) is 3. The fourth-order valence-corrected chi connectivity index (χ4v) is 4.17. The van der Waals surface area contributed by atoms with Crippen molar-refractivity contribution < 1.29 is 4.79 Å². The molecule has 6 nitrogen and oxygen atoms in total. The van der Waals surface area contributed by atoms with Crippen LogP contribution in [-0.4, -0.2) is 48.5 Å². The number of rotatable bonds is 7. The maximum Gasteiger partial charge on any atom is 0.226 e. The Morgan fingerprint density at radius 3 is 2.55 bits per heavy atom. The van der Waals surface area contributed by atoms with Gasteiger partial charge < -0.3 is 16.0 Å². The smallest absolute Gasteiger partial charge is 0.226 e. The number of carbonyl (C=O) groups excluding carboxylic acids is 1. The molecule has 0 aromatic heterocycles. The first-order valence-corrected chi connectivity index (χ1v) is 11.2. The fourth-order valence-electron chi connectivity index (χ4n) is 4.17. The SMILES string of the molecule is CCNC(=NCc1ccc(NC(=O)C(C)C)cc1)NC1CCN(C2CCCC2)C1. The first kappa shape index (κ1) is 21.6. The zero-order chi connectivity index (χ0) is 20.6. The number of anilines is 1. The molecule has 3 N–H and O–H groups in total. The quantitative estimate of drug-likeness (QED) is 0.486. The second kappa shape index (κ2) is 10.6. The van der Waals surface area contributed by atoms with Gasteiger partial charge in [0.05, 0.1) is 6.54 Å². The van der Waals surface area contributed by atoms with Crippen molar-refractivity contribution in [2.24, 2.45) is 10.9 Å². The topological polar surface area (TPSA) is 68.8 Å². The van der Waals surface area contributed by atoms with E-state index in [4.69, 9.17) is 4.99 Å². The van der Waals surface area contributed by atoms with Crippen molar-refractivity contribution in [3.8, 4) is 0 Å². The second-order valence-corrected chi connectivity index (χ2v) is 8.60. The lowest BCUT2D eigenvalue weighted by atomic mass is 10.1. The largest absolute Gasteiger partial charge is 0.357 e. The Balaban J connectivity index is 1.51. The van der Waals surface area contributed by atoms with Gasteiger partial charge in [0.25, 0.3) is 0 Å². The maximum absolute atomic E-state index is 11.8. The molecule has 0 radical (unpaired) electrons. The molecule has 3 rings (SSSR count). The van der Waals surface area contributed by atoms with E-state index in [0.29, 0.717) is 12.6 Å². The van der Waals surface area contributed by atoms with Gasteiger partial charge >= 0.3 is 0 Å². The number of guanidine groups is 1. The number of aliphatic imine (C=N–C) groups is 1. The molecule has 1 aliphatic heterocycles. The Kier molecular flexibility index (Phi) is 7.92. The van der Waals surface area contributed by atoms with Gasteiger partial charge in [0.15, 0.2) is 5.96 Å². The number of benzene rings is 1. The van der Waals surface area contributed by atoms with Crippen LogP contribution in [0, 0.1) is 5.92 Å². The molecular weight excluding hydrogens is 362 g/mol. The first-order chi connectivity index (χ1) is 14.0. The average molecular weight is 400 g/mol. The summed E-state index contributed by atoms with van der Waals surface area (Å²) in [5.74, 6) is 0.911. The van der Waals surface area contributed by atoms with Gasteiger partial charge in [-0.1, -0.05) is 38.8 Å². The molecule has 1 aromatic carbocycles. The van der Waals surface area contributed by atoms with Crippen molar-refractivity contribution >= 4 is 17.6 Å². The Hall–Kier alpha value is -2.08. The van der Waals surface area contributed by atoms with E-state index in [0.717, 1.165) is 36.3 Å². The van der Waals surface area contributed by atoms with E-state index in [1.54, 1.807) is 0 Å². The highest BCUT2D eigenvalue weighted by Gasteiger charge is 2.30. The second-order valence-electron chi connectivity index (χ2n) is 8.60. The molecule has 160 valence electrons. The summed E-state index contributed by atoms with van der Waals surface area (Å²) in [5.41, 5.74) is 1.96. The van der Waals surface area contributed by atoms with Crippen LogP contribution in [-0.2, 0) is 11.3 Å². The fraction of sp³-hybridized carbons (Fsp3) is 0.652. The number of amides is 1. The van der Waals surface area contributed by atoms with Crippen molar-refractivity contribution in [3.05, 3.63) is 29.8 Å². The molecule has 1 saturated carbocycles. The molecule has 6 heteroatoms. The number of likely N-dealkylation sites (tertiary alicyclic amines) is 1. The third-order valence-corrected chi connectivity index (χ3v) is 5.91. The van der Waals surface area contributed by atoms with Crippen molar-refractivity contribution in [2.45, 2.75) is 71.5 Å². The van der Waals surface area contributed by atoms with Gasteiger partial charge in [-0.15, -0.1) is 0 Å². The highest BCUT2D eigenvalue weighted by Crippen LogP contribution is 2.26. The van der Waals surface area contributed by atoms with Crippen LogP contribution in [0.3, 0.4) is 0 Å². The van der Waals surface area contributed by atoms with Gasteiger partial charge in [0, 0.05) is 43.3 Å². The molecule has 1 saturated heterocycles. The van der Waals surface area contributed by atoms with Crippen LogP contribution in [0.1, 0.15) is 58.4 Å². The molecule has 29 heavy (non-hydrogen) atoms. The average Bonchev–Trinajstić information content (AvgIpc) is 3.39. The number of carbonyl (C=O) groups is 1. The number of hydrogen-bond acceptors (Lipinski definition) is 3. The zero-order valence-corrected chi connectivity index (χ0v) is 18.2. The van der Waals surface area contributed by atoms with Crippen molar-refractivity contribution in [2.75, 3.05) is 25.0 Å². The summed E-state index contributed by atoms with van der Waals surface area (Å²) >= 11 is 0. The summed E-state index contributed by atoms with van der Waals surface area (Å²) in [4.78, 5) is 19.2. The van der Waals surface area contributed by atoms with E-state index in [-0.39, 0.29) is 11.8 Å².